The minimum absolute atomic E-state index is 0.250. The second kappa shape index (κ2) is 10.3. The van der Waals surface area contributed by atoms with Crippen molar-refractivity contribution in [3.05, 3.63) is 39.2 Å². The maximum atomic E-state index is 11.7. The van der Waals surface area contributed by atoms with Gasteiger partial charge in [0, 0.05) is 23.1 Å². The van der Waals surface area contributed by atoms with Gasteiger partial charge < -0.3 is 19.7 Å². The minimum Gasteiger partial charge on any atom is -0.770 e. The van der Waals surface area contributed by atoms with Crippen LogP contribution in [0.4, 0.5) is 0 Å². The van der Waals surface area contributed by atoms with Gasteiger partial charge in [-0.25, -0.2) is 0 Å². The van der Waals surface area contributed by atoms with Gasteiger partial charge in [0.05, 0.1) is 10.6 Å². The zero-order chi connectivity index (χ0) is 18.3. The zero-order valence-electron chi connectivity index (χ0n) is 13.8. The van der Waals surface area contributed by atoms with Gasteiger partial charge in [-0.1, -0.05) is 23.2 Å². The first-order valence-electron chi connectivity index (χ1n) is 6.49. The second-order valence-corrected chi connectivity index (χ2v) is 9.96. The molecule has 0 aliphatic carbocycles. The van der Waals surface area contributed by atoms with Crippen LogP contribution in [0.15, 0.2) is 23.6 Å². The normalized spacial score (nSPS) is 14.6. The lowest BCUT2D eigenvalue weighted by atomic mass is 10.1. The number of thioether (sulfide) groups is 1. The molecule has 0 amide bonds. The van der Waals surface area contributed by atoms with Gasteiger partial charge in [0.25, 0.3) is 0 Å². The maximum Gasteiger partial charge on any atom is 0.169 e. The van der Waals surface area contributed by atoms with Crippen LogP contribution in [0.25, 0.3) is 5.76 Å². The molecule has 0 heterocycles. The summed E-state index contributed by atoms with van der Waals surface area (Å²) in [6.45, 7) is 2.68. The Labute approximate surface area is 157 Å². The largest absolute Gasteiger partial charge is 0.770 e. The van der Waals surface area contributed by atoms with Crippen LogP contribution in [0.5, 0.6) is 0 Å². The highest BCUT2D eigenvalue weighted by Gasteiger charge is 2.12. The first-order valence-corrected chi connectivity index (χ1v) is 11.1. The molecule has 0 radical (unpaired) electrons. The first kappa shape index (κ1) is 23.2. The highest BCUT2D eigenvalue weighted by Crippen LogP contribution is 2.44. The van der Waals surface area contributed by atoms with Crippen molar-refractivity contribution in [1.82, 2.24) is 0 Å². The van der Waals surface area contributed by atoms with Crippen molar-refractivity contribution in [3.63, 3.8) is 0 Å². The molecule has 1 unspecified atom stereocenters. The van der Waals surface area contributed by atoms with Crippen LogP contribution in [0.3, 0.4) is 0 Å². The van der Waals surface area contributed by atoms with Gasteiger partial charge in [-0.05, 0) is 57.0 Å². The highest BCUT2D eigenvalue weighted by atomic mass is 35.5. The molecule has 0 saturated carbocycles. The molecule has 0 aliphatic heterocycles. The van der Waals surface area contributed by atoms with Crippen molar-refractivity contribution >= 4 is 59.2 Å². The molecular formula is C14H22Cl2NO3PS2. The summed E-state index contributed by atoms with van der Waals surface area (Å²) in [5.74, 6) is 0.296. The third kappa shape index (κ3) is 11.4. The number of benzene rings is 1. The molecule has 0 fully saturated rings. The smallest absolute Gasteiger partial charge is 0.169 e. The zero-order valence-corrected chi connectivity index (χ0v) is 17.8. The summed E-state index contributed by atoms with van der Waals surface area (Å²) < 4.78 is 9.82. The Bertz CT molecular complexity index is 586. The second-order valence-electron chi connectivity index (χ2n) is 5.62. The number of quaternary nitrogens is 1. The summed E-state index contributed by atoms with van der Waals surface area (Å²) in [5, 5.41) is 2.53. The SMILES string of the molecule is CC(C)(C)[NH3+].COP([O-])(=S)O/C(=C/SC)c1ccc(Cl)cc1Cl. The molecule has 23 heavy (non-hydrogen) atoms. The average Bonchev–Trinajstić information content (AvgIpc) is 2.36. The summed E-state index contributed by atoms with van der Waals surface area (Å²) in [4.78, 5) is 11.7. The van der Waals surface area contributed by atoms with Crippen molar-refractivity contribution in [1.29, 1.82) is 0 Å². The van der Waals surface area contributed by atoms with E-state index in [-0.39, 0.29) is 5.54 Å². The van der Waals surface area contributed by atoms with Gasteiger partial charge >= 0.3 is 0 Å². The Morgan fingerprint density at radius 1 is 1.39 bits per heavy atom. The predicted molar refractivity (Wildman–Crippen MR) is 103 cm³/mol. The summed E-state index contributed by atoms with van der Waals surface area (Å²) in [6.07, 6.45) is 1.83. The Balaban J connectivity index is 0.000000841. The van der Waals surface area contributed by atoms with E-state index in [0.717, 1.165) is 0 Å². The standard InChI is InChI=1S/C10H11Cl2O3PS2.C4H11N/c1-14-16(13,17)15-10(6-18-2)8-4-3-7(11)5-9(8)12;1-4(2,3)5/h3-6H,1-2H3,(H,13,17);5H2,1-3H3/b10-6+;. The van der Waals surface area contributed by atoms with Crippen LogP contribution in [0.1, 0.15) is 26.3 Å². The summed E-state index contributed by atoms with van der Waals surface area (Å²) in [5.41, 5.74) is 4.57. The van der Waals surface area contributed by atoms with E-state index in [9.17, 15) is 4.89 Å². The van der Waals surface area contributed by atoms with Gasteiger partial charge in [-0.3, -0.25) is 0 Å². The molecule has 9 heteroatoms. The molecule has 1 atom stereocenters. The van der Waals surface area contributed by atoms with Crippen LogP contribution in [0, 0.1) is 0 Å². The van der Waals surface area contributed by atoms with Crippen LogP contribution in [0.2, 0.25) is 10.0 Å². The molecule has 3 N–H and O–H groups in total. The number of hydrogen-bond acceptors (Lipinski definition) is 5. The fourth-order valence-electron chi connectivity index (χ4n) is 1.09. The molecule has 0 spiro atoms. The first-order chi connectivity index (χ1) is 10.4. The van der Waals surface area contributed by atoms with Crippen molar-refractivity contribution < 1.29 is 19.7 Å². The van der Waals surface area contributed by atoms with Gasteiger partial charge in [-0.15, -0.1) is 11.8 Å². The molecule has 4 nitrogen and oxygen atoms in total. The van der Waals surface area contributed by atoms with Crippen molar-refractivity contribution in [2.75, 3.05) is 13.4 Å². The molecule has 0 bridgehead atoms. The third-order valence-corrected chi connectivity index (χ3v) is 4.39. The van der Waals surface area contributed by atoms with Crippen LogP contribution >= 0.6 is 41.7 Å². The molecule has 0 aromatic heterocycles. The van der Waals surface area contributed by atoms with E-state index in [0.29, 0.717) is 21.4 Å². The number of rotatable bonds is 5. The third-order valence-electron chi connectivity index (χ3n) is 1.86. The van der Waals surface area contributed by atoms with E-state index in [1.807, 2.05) is 6.26 Å². The fraction of sp³-hybridized carbons (Fsp3) is 0.429. The van der Waals surface area contributed by atoms with Crippen molar-refractivity contribution in [2.45, 2.75) is 26.3 Å². The Morgan fingerprint density at radius 3 is 2.30 bits per heavy atom. The van der Waals surface area contributed by atoms with Crippen molar-refractivity contribution in [2.24, 2.45) is 0 Å². The van der Waals surface area contributed by atoms with E-state index in [2.05, 4.69) is 31.0 Å². The van der Waals surface area contributed by atoms with Gasteiger partial charge in [0.1, 0.15) is 5.76 Å². The average molecular weight is 418 g/mol. The van der Waals surface area contributed by atoms with Crippen LogP contribution in [-0.2, 0) is 20.9 Å². The Kier molecular flexibility index (Phi) is 10.4. The van der Waals surface area contributed by atoms with E-state index in [1.165, 1.54) is 18.9 Å². The molecule has 0 aliphatic rings. The molecule has 0 saturated heterocycles. The summed E-state index contributed by atoms with van der Waals surface area (Å²) in [6, 6.07) is 4.89. The lowest BCUT2D eigenvalue weighted by Crippen LogP contribution is -2.67. The highest BCUT2D eigenvalue weighted by molar-refractivity contribution is 8.06. The van der Waals surface area contributed by atoms with Gasteiger partial charge in [-0.2, -0.15) is 0 Å². The molecule has 1 rings (SSSR count). The molecule has 132 valence electrons. The van der Waals surface area contributed by atoms with Crippen LogP contribution in [-0.4, -0.2) is 18.9 Å². The lowest BCUT2D eigenvalue weighted by Gasteiger charge is -2.27. The Hall–Kier alpha value is 0.220. The van der Waals surface area contributed by atoms with E-state index >= 15 is 0 Å². The predicted octanol–water partition coefficient (Wildman–Crippen LogP) is 3.93. The topological polar surface area (TPSA) is 69.2 Å². The molecule has 1 aromatic carbocycles. The van der Waals surface area contributed by atoms with E-state index in [4.69, 9.17) is 39.5 Å². The maximum absolute atomic E-state index is 11.7. The molecular weight excluding hydrogens is 396 g/mol. The lowest BCUT2D eigenvalue weighted by molar-refractivity contribution is -0.458. The van der Waals surface area contributed by atoms with Gasteiger partial charge in [0.15, 0.2) is 6.72 Å². The quantitative estimate of drug-likeness (QED) is 0.580. The summed E-state index contributed by atoms with van der Waals surface area (Å²) in [7, 11) is 1.23. The number of halogens is 2. The van der Waals surface area contributed by atoms with Crippen molar-refractivity contribution in [3.8, 4) is 0 Å². The fourth-order valence-corrected chi connectivity index (χ4v) is 2.76. The monoisotopic (exact) mass is 417 g/mol. The minimum atomic E-state index is -3.55. The Morgan fingerprint density at radius 2 is 1.91 bits per heavy atom. The van der Waals surface area contributed by atoms with E-state index < -0.39 is 6.72 Å². The summed E-state index contributed by atoms with van der Waals surface area (Å²) >= 11 is 17.9. The number of hydrogen-bond donors (Lipinski definition) is 1. The molecule has 1 aromatic rings. The van der Waals surface area contributed by atoms with Crippen LogP contribution < -0.4 is 10.6 Å². The van der Waals surface area contributed by atoms with E-state index in [1.54, 1.807) is 23.6 Å². The van der Waals surface area contributed by atoms with Gasteiger partial charge in [0.2, 0.25) is 0 Å².